The third-order valence-electron chi connectivity index (χ3n) is 5.59. The highest BCUT2D eigenvalue weighted by atomic mass is 32.1. The Balaban J connectivity index is 1.69. The van der Waals surface area contributed by atoms with Gasteiger partial charge in [-0.3, -0.25) is 14.9 Å². The van der Waals surface area contributed by atoms with E-state index in [2.05, 4.69) is 0 Å². The summed E-state index contributed by atoms with van der Waals surface area (Å²) in [5.74, 6) is -0.241. The second kappa shape index (κ2) is 8.99. The maximum atomic E-state index is 13.5. The van der Waals surface area contributed by atoms with Crippen LogP contribution in [0.25, 0.3) is 10.2 Å². The quantitative estimate of drug-likeness (QED) is 0.403. The van der Waals surface area contributed by atoms with E-state index in [1.807, 2.05) is 24.3 Å². The zero-order valence-electron chi connectivity index (χ0n) is 18.0. The van der Waals surface area contributed by atoms with Crippen LogP contribution in [0.2, 0.25) is 0 Å². The summed E-state index contributed by atoms with van der Waals surface area (Å²) < 4.78 is 16.9. The normalized spacial score (nSPS) is 16.1. The molecule has 1 unspecified atom stereocenters. The van der Waals surface area contributed by atoms with Crippen LogP contribution in [-0.2, 0) is 0 Å². The Morgan fingerprint density at radius 2 is 1.94 bits per heavy atom. The molecule has 4 rings (SSSR count). The zero-order chi connectivity index (χ0) is 22.8. The monoisotopic (exact) mass is 457 g/mol. The van der Waals surface area contributed by atoms with Gasteiger partial charge in [0.15, 0.2) is 5.75 Å². The number of piperidine rings is 1. The van der Waals surface area contributed by atoms with Crippen molar-refractivity contribution in [1.29, 1.82) is 0 Å². The summed E-state index contributed by atoms with van der Waals surface area (Å²) in [5.41, 5.74) is 0.419. The van der Waals surface area contributed by atoms with Crippen LogP contribution in [0.4, 0.5) is 5.69 Å². The minimum absolute atomic E-state index is 0.0734. The van der Waals surface area contributed by atoms with Crippen LogP contribution in [0.15, 0.2) is 30.3 Å². The van der Waals surface area contributed by atoms with Gasteiger partial charge in [-0.15, -0.1) is 11.3 Å². The SMILES string of the molecule is COc1cc(C(=O)N2CCCC(c3nc4ccccc4s3)C2)c([N+](=O)[O-])c(OC)c1OC. The van der Waals surface area contributed by atoms with Crippen molar-refractivity contribution in [1.82, 2.24) is 9.88 Å². The number of methoxy groups -OCH3 is 3. The van der Waals surface area contributed by atoms with Gasteiger partial charge in [0.25, 0.3) is 5.91 Å². The summed E-state index contributed by atoms with van der Waals surface area (Å²) in [4.78, 5) is 31.1. The first-order chi connectivity index (χ1) is 15.5. The maximum Gasteiger partial charge on any atom is 0.327 e. The number of amides is 1. The molecule has 1 fully saturated rings. The lowest BCUT2D eigenvalue weighted by atomic mass is 9.97. The van der Waals surface area contributed by atoms with Gasteiger partial charge in [-0.2, -0.15) is 0 Å². The molecule has 2 heterocycles. The molecular formula is C22H23N3O6S. The van der Waals surface area contributed by atoms with Crippen molar-refractivity contribution in [2.45, 2.75) is 18.8 Å². The number of hydrogen-bond acceptors (Lipinski definition) is 8. The van der Waals surface area contributed by atoms with Gasteiger partial charge in [0, 0.05) is 25.1 Å². The Kier molecular flexibility index (Phi) is 6.13. The maximum absolute atomic E-state index is 13.5. The van der Waals surface area contributed by atoms with Gasteiger partial charge >= 0.3 is 5.69 Å². The molecule has 0 bridgehead atoms. The highest BCUT2D eigenvalue weighted by Gasteiger charge is 2.36. The summed E-state index contributed by atoms with van der Waals surface area (Å²) >= 11 is 1.62. The second-order valence-corrected chi connectivity index (χ2v) is 8.47. The number of aromatic nitrogens is 1. The number of para-hydroxylation sites is 1. The Hall–Kier alpha value is -3.40. The molecule has 9 nitrogen and oxygen atoms in total. The lowest BCUT2D eigenvalue weighted by Gasteiger charge is -2.32. The Morgan fingerprint density at radius 1 is 1.19 bits per heavy atom. The number of thiazole rings is 1. The van der Waals surface area contributed by atoms with E-state index in [1.54, 1.807) is 16.2 Å². The minimum atomic E-state index is -0.622. The van der Waals surface area contributed by atoms with E-state index in [9.17, 15) is 14.9 Å². The Labute approximate surface area is 188 Å². The Morgan fingerprint density at radius 3 is 2.59 bits per heavy atom. The molecule has 10 heteroatoms. The van der Waals surface area contributed by atoms with Crippen molar-refractivity contribution in [2.24, 2.45) is 0 Å². The number of ether oxygens (including phenoxy) is 3. The molecule has 2 aromatic carbocycles. The topological polar surface area (TPSA) is 104 Å². The van der Waals surface area contributed by atoms with Crippen LogP contribution in [0.3, 0.4) is 0 Å². The first-order valence-corrected chi connectivity index (χ1v) is 10.9. The summed E-state index contributed by atoms with van der Waals surface area (Å²) in [5, 5.41) is 12.9. The summed E-state index contributed by atoms with van der Waals surface area (Å²) in [6.07, 6.45) is 1.69. The van der Waals surface area contributed by atoms with Gasteiger partial charge in [-0.05, 0) is 25.0 Å². The third-order valence-corrected chi connectivity index (χ3v) is 6.78. The van der Waals surface area contributed by atoms with Crippen molar-refractivity contribution in [3.8, 4) is 17.2 Å². The number of benzene rings is 2. The van der Waals surface area contributed by atoms with E-state index < -0.39 is 16.5 Å². The smallest absolute Gasteiger partial charge is 0.327 e. The van der Waals surface area contributed by atoms with E-state index >= 15 is 0 Å². The molecule has 168 valence electrons. The third kappa shape index (κ3) is 3.81. The lowest BCUT2D eigenvalue weighted by molar-refractivity contribution is -0.386. The van der Waals surface area contributed by atoms with Crippen molar-refractivity contribution in [3.63, 3.8) is 0 Å². The van der Waals surface area contributed by atoms with Crippen LogP contribution < -0.4 is 14.2 Å². The fraction of sp³-hybridized carbons (Fsp3) is 0.364. The number of nitrogens with zero attached hydrogens (tertiary/aromatic N) is 3. The first-order valence-electron chi connectivity index (χ1n) is 10.1. The van der Waals surface area contributed by atoms with Crippen molar-refractivity contribution in [2.75, 3.05) is 34.4 Å². The van der Waals surface area contributed by atoms with Gasteiger partial charge in [-0.25, -0.2) is 4.98 Å². The van der Waals surface area contributed by atoms with E-state index in [4.69, 9.17) is 19.2 Å². The number of carbonyl (C=O) groups is 1. The first kappa shape index (κ1) is 21.8. The molecule has 0 aliphatic carbocycles. The van der Waals surface area contributed by atoms with Crippen LogP contribution in [-0.4, -0.2) is 55.1 Å². The molecule has 0 N–H and O–H groups in total. The van der Waals surface area contributed by atoms with Crippen LogP contribution >= 0.6 is 11.3 Å². The molecule has 32 heavy (non-hydrogen) atoms. The number of hydrogen-bond donors (Lipinski definition) is 0. The molecule has 0 radical (unpaired) electrons. The zero-order valence-corrected chi connectivity index (χ0v) is 18.8. The van der Waals surface area contributed by atoms with Crippen molar-refractivity contribution >= 4 is 33.1 Å². The number of rotatable bonds is 6. The molecule has 1 amide bonds. The van der Waals surface area contributed by atoms with Gasteiger partial charge in [0.05, 0.1) is 41.5 Å². The molecule has 1 atom stereocenters. The molecule has 0 spiro atoms. The molecule has 1 saturated heterocycles. The predicted molar refractivity (Wildman–Crippen MR) is 120 cm³/mol. The molecule has 1 aliphatic heterocycles. The summed E-state index contributed by atoms with van der Waals surface area (Å²) in [7, 11) is 4.06. The van der Waals surface area contributed by atoms with Gasteiger partial charge in [-0.1, -0.05) is 12.1 Å². The van der Waals surface area contributed by atoms with Gasteiger partial charge in [0.1, 0.15) is 5.56 Å². The van der Waals surface area contributed by atoms with Crippen molar-refractivity contribution in [3.05, 3.63) is 51.0 Å². The van der Waals surface area contributed by atoms with E-state index in [-0.39, 0.29) is 28.7 Å². The molecule has 1 aliphatic rings. The average Bonchev–Trinajstić information content (AvgIpc) is 3.26. The highest BCUT2D eigenvalue weighted by molar-refractivity contribution is 7.18. The highest BCUT2D eigenvalue weighted by Crippen LogP contribution is 2.47. The molecular weight excluding hydrogens is 434 g/mol. The van der Waals surface area contributed by atoms with Crippen molar-refractivity contribution < 1.29 is 23.9 Å². The minimum Gasteiger partial charge on any atom is -0.493 e. The summed E-state index contributed by atoms with van der Waals surface area (Å²) in [6, 6.07) is 9.28. The second-order valence-electron chi connectivity index (χ2n) is 7.41. The number of nitro groups is 1. The number of nitro benzene ring substituents is 1. The molecule has 3 aromatic rings. The van der Waals surface area contributed by atoms with Crippen LogP contribution in [0.1, 0.15) is 34.1 Å². The number of likely N-dealkylation sites (tertiary alicyclic amines) is 1. The van der Waals surface area contributed by atoms with Gasteiger partial charge in [0.2, 0.25) is 11.5 Å². The lowest BCUT2D eigenvalue weighted by Crippen LogP contribution is -2.39. The standard InChI is InChI=1S/C22H23N3O6S/c1-29-16-11-14(18(25(27)28)20(31-3)19(16)30-2)22(26)24-10-6-7-13(12-24)21-23-15-8-4-5-9-17(15)32-21/h4-5,8-9,11,13H,6-7,10,12H2,1-3H3. The largest absolute Gasteiger partial charge is 0.493 e. The van der Waals surface area contributed by atoms with E-state index in [0.29, 0.717) is 13.1 Å². The van der Waals surface area contributed by atoms with E-state index in [0.717, 1.165) is 28.1 Å². The molecule has 1 aromatic heterocycles. The van der Waals surface area contributed by atoms with E-state index in [1.165, 1.54) is 27.4 Å². The number of carbonyl (C=O) groups excluding carboxylic acids is 1. The predicted octanol–water partition coefficient (Wildman–Crippen LogP) is 4.25. The van der Waals surface area contributed by atoms with Gasteiger partial charge < -0.3 is 19.1 Å². The van der Waals surface area contributed by atoms with Crippen LogP contribution in [0, 0.1) is 10.1 Å². The van der Waals surface area contributed by atoms with Crippen LogP contribution in [0.5, 0.6) is 17.2 Å². The number of fused-ring (bicyclic) bond motifs is 1. The fourth-order valence-corrected chi connectivity index (χ4v) is 5.18. The Bertz CT molecular complexity index is 1140. The molecule has 0 saturated carbocycles. The fourth-order valence-electron chi connectivity index (χ4n) is 4.08. The summed E-state index contributed by atoms with van der Waals surface area (Å²) in [6.45, 7) is 0.945. The average molecular weight is 458 g/mol.